The normalized spacial score (nSPS) is 25.6. The van der Waals surface area contributed by atoms with Crippen molar-refractivity contribution in [1.29, 1.82) is 0 Å². The Balaban J connectivity index is 1.23. The first-order chi connectivity index (χ1) is 17.6. The smallest absolute Gasteiger partial charge is 0.255 e. The molecule has 1 N–H and O–H groups in total. The summed E-state index contributed by atoms with van der Waals surface area (Å²) in [4.78, 5) is 40.9. The van der Waals surface area contributed by atoms with Crippen molar-refractivity contribution < 1.29 is 23.9 Å². The molecule has 2 saturated heterocycles. The molecule has 3 aliphatic rings. The average molecular weight is 497 g/mol. The van der Waals surface area contributed by atoms with Crippen LogP contribution in [-0.2, 0) is 34.0 Å². The number of benzene rings is 2. The van der Waals surface area contributed by atoms with Crippen molar-refractivity contribution in [2.45, 2.75) is 55.9 Å². The highest BCUT2D eigenvalue weighted by molar-refractivity contribution is 6.44. The summed E-state index contributed by atoms with van der Waals surface area (Å²) in [6.07, 6.45) is 0.573. The van der Waals surface area contributed by atoms with Crippen LogP contribution in [0.5, 0.6) is 5.75 Å². The highest BCUT2D eigenvalue weighted by Gasteiger charge is 2.40. The quantitative estimate of drug-likeness (QED) is 0.357. The van der Waals surface area contributed by atoms with Gasteiger partial charge in [-0.3, -0.25) is 19.7 Å². The number of morpholine rings is 1. The largest absolute Gasteiger partial charge is 0.489 e. The Morgan fingerprint density at radius 3 is 2.51 bits per heavy atom. The third-order valence-electron chi connectivity index (χ3n) is 8.05. The van der Waals surface area contributed by atoms with E-state index < -0.39 is 11.9 Å². The molecule has 0 saturated carbocycles. The molecule has 5 rings (SSSR count). The van der Waals surface area contributed by atoms with Gasteiger partial charge in [-0.2, -0.15) is 0 Å². The minimum atomic E-state index is -0.639. The van der Waals surface area contributed by atoms with Crippen molar-refractivity contribution >= 4 is 49.1 Å². The maximum absolute atomic E-state index is 13.0. The molecule has 2 aromatic carbocycles. The molecule has 0 spiro atoms. The van der Waals surface area contributed by atoms with E-state index in [2.05, 4.69) is 65.9 Å². The molecule has 0 bridgehead atoms. The van der Waals surface area contributed by atoms with Crippen molar-refractivity contribution in [3.8, 4) is 5.75 Å². The SMILES string of the molecule is BC1CN(Cc2ccc(COc3cccc4c3CN(C3CCC(=O)NC3=O)C4=O)cc2)C(B)(B)C(B)O1. The van der Waals surface area contributed by atoms with Crippen LogP contribution in [0.2, 0.25) is 0 Å². The van der Waals surface area contributed by atoms with Gasteiger partial charge in [0, 0.05) is 42.6 Å². The zero-order valence-corrected chi connectivity index (χ0v) is 22.0. The highest BCUT2D eigenvalue weighted by atomic mass is 16.5. The Kier molecular flexibility index (Phi) is 6.98. The van der Waals surface area contributed by atoms with E-state index in [-0.39, 0.29) is 35.6 Å². The van der Waals surface area contributed by atoms with Gasteiger partial charge in [0.15, 0.2) is 0 Å². The molecule has 3 aliphatic heterocycles. The molecule has 188 valence electrons. The third kappa shape index (κ3) is 5.09. The first kappa shape index (κ1) is 25.7. The Labute approximate surface area is 221 Å². The predicted molar refractivity (Wildman–Crippen MR) is 149 cm³/mol. The summed E-state index contributed by atoms with van der Waals surface area (Å²) in [5.74, 6) is -0.265. The van der Waals surface area contributed by atoms with Crippen LogP contribution in [-0.4, -0.2) is 88.8 Å². The molecular formula is C25H31B4N3O5. The van der Waals surface area contributed by atoms with Gasteiger partial charge in [-0.05, 0) is 35.0 Å². The fourth-order valence-electron chi connectivity index (χ4n) is 5.44. The van der Waals surface area contributed by atoms with Crippen LogP contribution in [0.15, 0.2) is 42.5 Å². The summed E-state index contributed by atoms with van der Waals surface area (Å²) in [7, 11) is 8.73. The van der Waals surface area contributed by atoms with Crippen LogP contribution >= 0.6 is 0 Å². The molecule has 0 aliphatic carbocycles. The number of carbonyl (C=O) groups excluding carboxylic acids is 3. The summed E-state index contributed by atoms with van der Waals surface area (Å²) in [6, 6.07) is 13.6. The number of carbonyl (C=O) groups is 3. The molecule has 0 radical (unpaired) electrons. The van der Waals surface area contributed by atoms with Gasteiger partial charge in [-0.15, -0.1) is 0 Å². The molecule has 2 fully saturated rings. The van der Waals surface area contributed by atoms with Crippen LogP contribution in [0.4, 0.5) is 0 Å². The monoisotopic (exact) mass is 497 g/mol. The summed E-state index contributed by atoms with van der Waals surface area (Å²) < 4.78 is 12.2. The van der Waals surface area contributed by atoms with Crippen molar-refractivity contribution in [1.82, 2.24) is 15.1 Å². The van der Waals surface area contributed by atoms with E-state index in [0.717, 1.165) is 24.2 Å². The second kappa shape index (κ2) is 10.1. The topological polar surface area (TPSA) is 88.2 Å². The molecule has 3 heterocycles. The molecule has 3 atom stereocenters. The number of amides is 3. The minimum absolute atomic E-state index is 0.0405. The number of imide groups is 1. The Morgan fingerprint density at radius 1 is 1.05 bits per heavy atom. The Hall–Kier alpha value is -2.97. The van der Waals surface area contributed by atoms with Crippen LogP contribution in [0.3, 0.4) is 0 Å². The van der Waals surface area contributed by atoms with Crippen LogP contribution in [0.25, 0.3) is 0 Å². The fraction of sp³-hybridized carbons (Fsp3) is 0.400. The van der Waals surface area contributed by atoms with Gasteiger partial charge >= 0.3 is 0 Å². The number of fused-ring (bicyclic) bond motifs is 1. The summed E-state index contributed by atoms with van der Waals surface area (Å²) in [5, 5.41) is 2.30. The van der Waals surface area contributed by atoms with Crippen molar-refractivity contribution in [2.75, 3.05) is 6.54 Å². The third-order valence-corrected chi connectivity index (χ3v) is 8.05. The Bertz CT molecular complexity index is 1230. The molecule has 3 amide bonds. The molecule has 2 aromatic rings. The average Bonchev–Trinajstić information content (AvgIpc) is 3.19. The van der Waals surface area contributed by atoms with Gasteiger partial charge in [0.05, 0.1) is 6.54 Å². The van der Waals surface area contributed by atoms with E-state index in [0.29, 0.717) is 30.9 Å². The van der Waals surface area contributed by atoms with Crippen LogP contribution in [0.1, 0.15) is 39.9 Å². The lowest BCUT2D eigenvalue weighted by atomic mass is 9.52. The summed E-state index contributed by atoms with van der Waals surface area (Å²) >= 11 is 0. The first-order valence-electron chi connectivity index (χ1n) is 13.0. The highest BCUT2D eigenvalue weighted by Crippen LogP contribution is 2.34. The van der Waals surface area contributed by atoms with Gasteiger partial charge in [0.1, 0.15) is 49.8 Å². The van der Waals surface area contributed by atoms with E-state index in [4.69, 9.17) is 9.47 Å². The molecule has 12 heteroatoms. The Morgan fingerprint density at radius 2 is 1.78 bits per heavy atom. The number of nitrogens with one attached hydrogen (secondary N) is 1. The van der Waals surface area contributed by atoms with E-state index in [1.807, 2.05) is 6.07 Å². The zero-order valence-electron chi connectivity index (χ0n) is 22.0. The van der Waals surface area contributed by atoms with Crippen molar-refractivity contribution in [3.63, 3.8) is 0 Å². The lowest BCUT2D eigenvalue weighted by molar-refractivity contribution is -0.136. The van der Waals surface area contributed by atoms with Gasteiger partial charge < -0.3 is 19.3 Å². The number of ether oxygens (including phenoxy) is 2. The first-order valence-corrected chi connectivity index (χ1v) is 13.0. The van der Waals surface area contributed by atoms with Crippen LogP contribution < -0.4 is 10.1 Å². The van der Waals surface area contributed by atoms with Crippen molar-refractivity contribution in [3.05, 3.63) is 64.7 Å². The second-order valence-corrected chi connectivity index (χ2v) is 10.9. The number of nitrogens with zero attached hydrogens (tertiary/aromatic N) is 2. The molecule has 3 unspecified atom stereocenters. The van der Waals surface area contributed by atoms with Gasteiger partial charge in [0.25, 0.3) is 5.91 Å². The van der Waals surface area contributed by atoms with E-state index in [1.54, 1.807) is 17.0 Å². The van der Waals surface area contributed by atoms with Gasteiger partial charge in [-0.1, -0.05) is 30.3 Å². The summed E-state index contributed by atoms with van der Waals surface area (Å²) in [6.45, 7) is 2.43. The maximum Gasteiger partial charge on any atom is 0.255 e. The lowest BCUT2D eigenvalue weighted by Crippen LogP contribution is -2.65. The van der Waals surface area contributed by atoms with Crippen molar-refractivity contribution in [2.24, 2.45) is 0 Å². The molecular weight excluding hydrogens is 466 g/mol. The molecule has 0 aromatic heterocycles. The molecule has 37 heavy (non-hydrogen) atoms. The number of rotatable bonds is 6. The standard InChI is InChI=1S/C25H31B4N3O5/c26-20-12-31(25(28,29)24(27)37-20)10-14-4-6-15(7-5-14)13-36-19-3-1-2-16-17(19)11-32(23(16)35)18-8-9-21(33)30-22(18)34/h1-7,18,20,24H,8-13,26-29H2,(H,30,33,34). The van der Waals surface area contributed by atoms with Gasteiger partial charge in [-0.25, -0.2) is 0 Å². The zero-order chi connectivity index (χ0) is 26.3. The van der Waals surface area contributed by atoms with Gasteiger partial charge in [0.2, 0.25) is 11.8 Å². The molecule has 8 nitrogen and oxygen atoms in total. The fourth-order valence-corrected chi connectivity index (χ4v) is 5.44. The summed E-state index contributed by atoms with van der Waals surface area (Å²) in [5.41, 5.74) is 3.61. The number of hydrogen-bond donors (Lipinski definition) is 1. The number of hydrogen-bond acceptors (Lipinski definition) is 6. The van der Waals surface area contributed by atoms with Crippen LogP contribution in [0, 0.1) is 0 Å². The minimum Gasteiger partial charge on any atom is -0.489 e. The predicted octanol–water partition coefficient (Wildman–Crippen LogP) is -2.30. The number of piperidine rings is 1. The maximum atomic E-state index is 13.0. The second-order valence-electron chi connectivity index (χ2n) is 10.9. The van der Waals surface area contributed by atoms with E-state index >= 15 is 0 Å². The van der Waals surface area contributed by atoms with E-state index in [9.17, 15) is 14.4 Å². The van der Waals surface area contributed by atoms with E-state index in [1.165, 1.54) is 5.56 Å². The lowest BCUT2D eigenvalue weighted by Gasteiger charge is -2.50.